The maximum Gasteiger partial charge on any atom is 0.152 e. The number of ether oxygens (including phenoxy) is 1. The molecule has 0 atom stereocenters. The molecule has 0 spiro atoms. The van der Waals surface area contributed by atoms with Crippen molar-refractivity contribution in [3.63, 3.8) is 0 Å². The van der Waals surface area contributed by atoms with Gasteiger partial charge in [-0.3, -0.25) is 0 Å². The first kappa shape index (κ1) is 9.93. The number of aromatic nitrogens is 2. The van der Waals surface area contributed by atoms with E-state index in [0.717, 1.165) is 16.9 Å². The molecule has 0 N–H and O–H groups in total. The van der Waals surface area contributed by atoms with Crippen LogP contribution in [0.15, 0.2) is 36.5 Å². The van der Waals surface area contributed by atoms with Crippen LogP contribution < -0.4 is 4.74 Å². The molecule has 4 heteroatoms. The monoisotopic (exact) mass is 220 g/mol. The second-order valence-corrected chi connectivity index (χ2v) is 3.38. The van der Waals surface area contributed by atoms with Gasteiger partial charge in [-0.25, -0.2) is 0 Å². The fourth-order valence-corrected chi connectivity index (χ4v) is 1.44. The lowest BCUT2D eigenvalue weighted by Gasteiger charge is -2.02. The highest BCUT2D eigenvalue weighted by Gasteiger charge is 2.00. The van der Waals surface area contributed by atoms with Crippen LogP contribution in [0.3, 0.4) is 0 Å². The first-order valence-electron chi connectivity index (χ1n) is 4.42. The molecule has 0 saturated heterocycles. The van der Waals surface area contributed by atoms with E-state index in [0.29, 0.717) is 5.15 Å². The third-order valence-electron chi connectivity index (χ3n) is 2.05. The zero-order chi connectivity index (χ0) is 10.7. The number of benzene rings is 1. The molecule has 0 unspecified atom stereocenters. The highest BCUT2D eigenvalue weighted by Crippen LogP contribution is 2.22. The van der Waals surface area contributed by atoms with Crippen molar-refractivity contribution in [1.29, 1.82) is 0 Å². The Bertz CT molecular complexity index is 456. The van der Waals surface area contributed by atoms with Crippen molar-refractivity contribution in [2.45, 2.75) is 0 Å². The van der Waals surface area contributed by atoms with Crippen LogP contribution in [0, 0.1) is 0 Å². The quantitative estimate of drug-likeness (QED) is 0.781. The summed E-state index contributed by atoms with van der Waals surface area (Å²) in [5, 5.41) is 7.87. The number of hydrogen-bond acceptors (Lipinski definition) is 3. The van der Waals surface area contributed by atoms with Crippen molar-refractivity contribution >= 4 is 11.6 Å². The Morgan fingerprint density at radius 2 is 1.87 bits per heavy atom. The Labute approximate surface area is 92.7 Å². The number of methoxy groups -OCH3 is 1. The molecule has 1 aromatic carbocycles. The number of rotatable bonds is 2. The van der Waals surface area contributed by atoms with Crippen LogP contribution >= 0.6 is 11.6 Å². The fourth-order valence-electron chi connectivity index (χ4n) is 1.28. The van der Waals surface area contributed by atoms with Gasteiger partial charge in [0.15, 0.2) is 5.15 Å². The van der Waals surface area contributed by atoms with E-state index in [-0.39, 0.29) is 0 Å². The van der Waals surface area contributed by atoms with Gasteiger partial charge in [-0.15, -0.1) is 5.10 Å². The summed E-state index contributed by atoms with van der Waals surface area (Å²) in [5.74, 6) is 0.826. The van der Waals surface area contributed by atoms with Crippen LogP contribution in [-0.4, -0.2) is 17.3 Å². The molecule has 2 aromatic rings. The van der Waals surface area contributed by atoms with Gasteiger partial charge < -0.3 is 4.74 Å². The van der Waals surface area contributed by atoms with Crippen LogP contribution in [0.1, 0.15) is 0 Å². The van der Waals surface area contributed by atoms with Crippen molar-refractivity contribution in [2.75, 3.05) is 7.11 Å². The molecule has 2 rings (SSSR count). The molecule has 0 fully saturated rings. The minimum Gasteiger partial charge on any atom is -0.497 e. The smallest absolute Gasteiger partial charge is 0.152 e. The lowest BCUT2D eigenvalue weighted by molar-refractivity contribution is 0.415. The van der Waals surface area contributed by atoms with Gasteiger partial charge in [0.2, 0.25) is 0 Å². The zero-order valence-electron chi connectivity index (χ0n) is 8.14. The second kappa shape index (κ2) is 4.28. The van der Waals surface area contributed by atoms with E-state index < -0.39 is 0 Å². The summed E-state index contributed by atoms with van der Waals surface area (Å²) in [5.41, 5.74) is 1.98. The fraction of sp³-hybridized carbons (Fsp3) is 0.0909. The molecule has 0 bridgehead atoms. The highest BCUT2D eigenvalue weighted by molar-refractivity contribution is 6.29. The average molecular weight is 221 g/mol. The van der Waals surface area contributed by atoms with Crippen LogP contribution in [0.25, 0.3) is 11.1 Å². The van der Waals surface area contributed by atoms with Gasteiger partial charge in [-0.2, -0.15) is 5.10 Å². The Kier molecular flexibility index (Phi) is 2.83. The van der Waals surface area contributed by atoms with Crippen LogP contribution in [0.5, 0.6) is 5.75 Å². The topological polar surface area (TPSA) is 35.0 Å². The summed E-state index contributed by atoms with van der Waals surface area (Å²) in [7, 11) is 1.64. The van der Waals surface area contributed by atoms with E-state index >= 15 is 0 Å². The standard InChI is InChI=1S/C11H9ClN2O/c1-15-10-4-2-8(3-5-10)9-6-11(12)14-13-7-9/h2-7H,1H3. The molecular weight excluding hydrogens is 212 g/mol. The molecule has 15 heavy (non-hydrogen) atoms. The predicted octanol–water partition coefficient (Wildman–Crippen LogP) is 2.81. The van der Waals surface area contributed by atoms with Gasteiger partial charge >= 0.3 is 0 Å². The third kappa shape index (κ3) is 2.25. The summed E-state index contributed by atoms with van der Waals surface area (Å²) in [6.07, 6.45) is 1.67. The average Bonchev–Trinajstić information content (AvgIpc) is 2.29. The molecule has 1 heterocycles. The maximum atomic E-state index is 5.75. The van der Waals surface area contributed by atoms with Gasteiger partial charge in [0.1, 0.15) is 5.75 Å². The molecule has 0 aliphatic rings. The molecule has 3 nitrogen and oxygen atoms in total. The van der Waals surface area contributed by atoms with Crippen LogP contribution in [-0.2, 0) is 0 Å². The summed E-state index contributed by atoms with van der Waals surface area (Å²) in [6, 6.07) is 9.46. The lowest BCUT2D eigenvalue weighted by atomic mass is 10.1. The van der Waals surface area contributed by atoms with Crippen molar-refractivity contribution in [1.82, 2.24) is 10.2 Å². The molecule has 0 radical (unpaired) electrons. The summed E-state index contributed by atoms with van der Waals surface area (Å²) >= 11 is 5.75. The minimum atomic E-state index is 0.392. The maximum absolute atomic E-state index is 5.75. The molecular formula is C11H9ClN2O. The SMILES string of the molecule is COc1ccc(-c2cnnc(Cl)c2)cc1. The van der Waals surface area contributed by atoms with Crippen LogP contribution in [0.2, 0.25) is 5.15 Å². The third-order valence-corrected chi connectivity index (χ3v) is 2.23. The number of halogens is 1. The Hall–Kier alpha value is -1.61. The second-order valence-electron chi connectivity index (χ2n) is 3.00. The Morgan fingerprint density at radius 3 is 2.47 bits per heavy atom. The Morgan fingerprint density at radius 1 is 1.13 bits per heavy atom. The van der Waals surface area contributed by atoms with E-state index in [9.17, 15) is 0 Å². The van der Waals surface area contributed by atoms with Gasteiger partial charge in [0, 0.05) is 5.56 Å². The van der Waals surface area contributed by atoms with E-state index in [4.69, 9.17) is 16.3 Å². The normalized spacial score (nSPS) is 10.0. The van der Waals surface area contributed by atoms with Crippen molar-refractivity contribution in [3.8, 4) is 16.9 Å². The van der Waals surface area contributed by atoms with E-state index in [1.807, 2.05) is 24.3 Å². The molecule has 0 amide bonds. The number of hydrogen-bond donors (Lipinski definition) is 0. The first-order chi connectivity index (χ1) is 7.29. The van der Waals surface area contributed by atoms with Gasteiger partial charge in [-0.1, -0.05) is 23.7 Å². The first-order valence-corrected chi connectivity index (χ1v) is 4.80. The summed E-state index contributed by atoms with van der Waals surface area (Å²) in [4.78, 5) is 0. The molecule has 76 valence electrons. The highest BCUT2D eigenvalue weighted by atomic mass is 35.5. The molecule has 0 saturated carbocycles. The van der Waals surface area contributed by atoms with E-state index in [1.54, 1.807) is 19.4 Å². The van der Waals surface area contributed by atoms with Gasteiger partial charge in [0.05, 0.1) is 13.3 Å². The lowest BCUT2D eigenvalue weighted by Crippen LogP contribution is -1.85. The number of nitrogens with zero attached hydrogens (tertiary/aromatic N) is 2. The summed E-state index contributed by atoms with van der Waals surface area (Å²) < 4.78 is 5.07. The summed E-state index contributed by atoms with van der Waals surface area (Å²) in [6.45, 7) is 0. The molecule has 0 aliphatic carbocycles. The zero-order valence-corrected chi connectivity index (χ0v) is 8.90. The van der Waals surface area contributed by atoms with Gasteiger partial charge in [-0.05, 0) is 23.8 Å². The van der Waals surface area contributed by atoms with Crippen LogP contribution in [0.4, 0.5) is 0 Å². The molecule has 0 aliphatic heterocycles. The van der Waals surface area contributed by atoms with Gasteiger partial charge in [0.25, 0.3) is 0 Å². The Balaban J connectivity index is 2.37. The van der Waals surface area contributed by atoms with Crippen molar-refractivity contribution in [3.05, 3.63) is 41.7 Å². The predicted molar refractivity (Wildman–Crippen MR) is 59.0 cm³/mol. The largest absolute Gasteiger partial charge is 0.497 e. The van der Waals surface area contributed by atoms with E-state index in [1.165, 1.54) is 0 Å². The van der Waals surface area contributed by atoms with Crippen molar-refractivity contribution in [2.24, 2.45) is 0 Å². The van der Waals surface area contributed by atoms with E-state index in [2.05, 4.69) is 10.2 Å². The molecule has 1 aromatic heterocycles. The van der Waals surface area contributed by atoms with Crippen molar-refractivity contribution < 1.29 is 4.74 Å². The minimum absolute atomic E-state index is 0.392.